The van der Waals surface area contributed by atoms with Crippen LogP contribution < -0.4 is 0 Å². The highest BCUT2D eigenvalue weighted by atomic mass is 16.6. The number of ether oxygens (including phenoxy) is 4. The molecule has 1 unspecified atom stereocenters. The van der Waals surface area contributed by atoms with Gasteiger partial charge in [-0.2, -0.15) is 10.2 Å². The zero-order chi connectivity index (χ0) is 67.4. The summed E-state index contributed by atoms with van der Waals surface area (Å²) in [4.78, 5) is 123. The van der Waals surface area contributed by atoms with Gasteiger partial charge in [0.25, 0.3) is 23.6 Å². The number of cyclic esters (lactones) is 4. The van der Waals surface area contributed by atoms with E-state index in [4.69, 9.17) is 27.8 Å². The lowest BCUT2D eigenvalue weighted by molar-refractivity contribution is -0.176. The van der Waals surface area contributed by atoms with E-state index in [1.807, 2.05) is 130 Å². The Bertz CT molecular complexity index is 3260. The Kier molecular flexibility index (Phi) is 24.2. The van der Waals surface area contributed by atoms with E-state index >= 15 is 9.59 Å². The number of esters is 4. The minimum absolute atomic E-state index is 0.0632. The molecule has 0 aliphatic carbocycles. The first-order chi connectivity index (χ1) is 43.5. The number of aryl methyl sites for hydroxylation is 2. The molecule has 4 amide bonds. The van der Waals surface area contributed by atoms with Gasteiger partial charge in [-0.15, -0.1) is 0 Å². The van der Waals surface area contributed by atoms with Crippen LogP contribution in [-0.4, -0.2) is 163 Å². The maximum absolute atomic E-state index is 15.2. The molecule has 0 radical (unpaired) electrons. The third-order valence-corrected chi connectivity index (χ3v) is 16.4. The Labute approximate surface area is 539 Å². The molecule has 1 aliphatic heterocycles. The fourth-order valence-electron chi connectivity index (χ4n) is 11.3. The van der Waals surface area contributed by atoms with Crippen molar-refractivity contribution >= 4 is 47.5 Å². The first-order valence-corrected chi connectivity index (χ1v) is 31.7. The topological polar surface area (TPSA) is 248 Å². The van der Waals surface area contributed by atoms with Crippen molar-refractivity contribution in [2.45, 2.75) is 183 Å². The van der Waals surface area contributed by atoms with Crippen LogP contribution in [0.4, 0.5) is 0 Å². The fraction of sp³-hybridized carbons (Fsp3) is 0.514. The molecule has 1 fully saturated rings. The van der Waals surface area contributed by atoms with Gasteiger partial charge >= 0.3 is 23.9 Å². The molecule has 22 nitrogen and oxygen atoms in total. The van der Waals surface area contributed by atoms with Gasteiger partial charge in [0, 0.05) is 53.4 Å². The van der Waals surface area contributed by atoms with E-state index in [9.17, 15) is 28.8 Å². The second kappa shape index (κ2) is 31.5. The van der Waals surface area contributed by atoms with Gasteiger partial charge in [0.15, 0.2) is 35.9 Å². The largest absolute Gasteiger partial charge is 0.460 e. The predicted molar refractivity (Wildman–Crippen MR) is 343 cm³/mol. The first kappa shape index (κ1) is 70.6. The molecular weight excluding hydrogens is 1180 g/mol. The summed E-state index contributed by atoms with van der Waals surface area (Å²) in [6, 6.07) is 20.6. The molecule has 0 spiro atoms. The monoisotopic (exact) mass is 1270 g/mol. The number of hydrogen-bond donors (Lipinski definition) is 0. The lowest BCUT2D eigenvalue weighted by Gasteiger charge is -2.35. The van der Waals surface area contributed by atoms with Crippen LogP contribution in [0.2, 0.25) is 0 Å². The van der Waals surface area contributed by atoms with Crippen molar-refractivity contribution in [3.05, 3.63) is 131 Å². The average molecular weight is 1270 g/mol. The molecule has 0 N–H and O–H groups in total. The molecule has 0 bridgehead atoms. The van der Waals surface area contributed by atoms with Crippen LogP contribution in [0.5, 0.6) is 0 Å². The van der Waals surface area contributed by atoms with Gasteiger partial charge < -0.3 is 47.4 Å². The summed E-state index contributed by atoms with van der Waals surface area (Å²) >= 11 is 0. The molecule has 7 rings (SSSR count). The highest BCUT2D eigenvalue weighted by Crippen LogP contribution is 2.28. The lowest BCUT2D eigenvalue weighted by Crippen LogP contribution is -2.55. The molecule has 1 saturated heterocycles. The maximum Gasteiger partial charge on any atom is 0.329 e. The Morgan fingerprint density at radius 3 is 0.946 bits per heavy atom. The Morgan fingerprint density at radius 1 is 0.380 bits per heavy atom. The van der Waals surface area contributed by atoms with Gasteiger partial charge in [-0.3, -0.25) is 28.5 Å². The van der Waals surface area contributed by atoms with Gasteiger partial charge in [0.2, 0.25) is 0 Å². The molecular formula is C70H92N8O14. The number of likely N-dealkylation sites (N-methyl/N-ethyl adjacent to an activating group) is 4. The summed E-state index contributed by atoms with van der Waals surface area (Å²) in [5.41, 5.74) is 4.45. The number of hydrogen-bond acceptors (Lipinski definition) is 16. The molecule has 4 aromatic heterocycles. The number of furan rings is 2. The summed E-state index contributed by atoms with van der Waals surface area (Å²) in [6.07, 6.45) is -2.87. The molecule has 5 heterocycles. The van der Waals surface area contributed by atoms with Crippen molar-refractivity contribution in [1.29, 1.82) is 0 Å². The Morgan fingerprint density at radius 2 is 0.663 bits per heavy atom. The average Bonchev–Trinajstić information content (AvgIpc) is 1.20. The van der Waals surface area contributed by atoms with Crippen molar-refractivity contribution in [2.24, 2.45) is 23.7 Å². The molecule has 1 aliphatic rings. The van der Waals surface area contributed by atoms with Crippen LogP contribution in [0, 0.1) is 37.5 Å². The number of nitrogens with zero attached hydrogens (tertiary/aromatic N) is 8. The van der Waals surface area contributed by atoms with Crippen molar-refractivity contribution < 1.29 is 66.1 Å². The Hall–Kier alpha value is -8.82. The van der Waals surface area contributed by atoms with E-state index in [0.717, 1.165) is 53.6 Å². The third-order valence-electron chi connectivity index (χ3n) is 16.4. The normalized spacial score (nSPS) is 21.8. The molecule has 0 saturated carbocycles. The zero-order valence-corrected chi connectivity index (χ0v) is 56.1. The maximum atomic E-state index is 15.2. The minimum atomic E-state index is -1.57. The summed E-state index contributed by atoms with van der Waals surface area (Å²) < 4.78 is 39.8. The SMILES string of the molecule is Cc1ccc(-c2ccnn2Cc2ccc(C[C@H]3OC(=O)[C@H](CC(C)C)N(C)C(=O)[C@@H](C)OC(=O)[C@H](CC(C)C)N(C)C(=O)[C@@H](Cc4ccc(Cn5nccc5-c5ccc(C)o5)cc4)OC(=O)[C@H](CC(C)C)N(C)C(=O)[C@@H](C)OC(=O)C(CC(C)C)N(C)C3=O)cc2)o1. The van der Waals surface area contributed by atoms with Gasteiger partial charge in [-0.1, -0.05) is 104 Å². The van der Waals surface area contributed by atoms with Crippen LogP contribution in [0.25, 0.3) is 22.9 Å². The minimum Gasteiger partial charge on any atom is -0.460 e. The Balaban J connectivity index is 1.23. The molecule has 496 valence electrons. The van der Waals surface area contributed by atoms with Crippen molar-refractivity contribution in [3.8, 4) is 22.9 Å². The molecule has 6 aromatic rings. The van der Waals surface area contributed by atoms with Gasteiger partial charge in [-0.25, -0.2) is 19.2 Å². The number of rotatable bonds is 18. The van der Waals surface area contributed by atoms with Crippen LogP contribution in [0.15, 0.2) is 106 Å². The lowest BCUT2D eigenvalue weighted by atomic mass is 9.99. The molecule has 22 heteroatoms. The van der Waals surface area contributed by atoms with Gasteiger partial charge in [0.1, 0.15) is 47.1 Å². The van der Waals surface area contributed by atoms with E-state index in [0.29, 0.717) is 35.7 Å². The third kappa shape index (κ3) is 18.2. The number of benzene rings is 2. The van der Waals surface area contributed by atoms with Crippen molar-refractivity contribution in [3.63, 3.8) is 0 Å². The highest BCUT2D eigenvalue weighted by Gasteiger charge is 2.43. The second-order valence-electron chi connectivity index (χ2n) is 26.0. The predicted octanol–water partition coefficient (Wildman–Crippen LogP) is 9.29. The first-order valence-electron chi connectivity index (χ1n) is 31.7. The second-order valence-corrected chi connectivity index (χ2v) is 26.0. The summed E-state index contributed by atoms with van der Waals surface area (Å²) in [7, 11) is 5.56. The van der Waals surface area contributed by atoms with Crippen molar-refractivity contribution in [2.75, 3.05) is 28.2 Å². The number of aromatic nitrogens is 4. The number of carbonyl (C=O) groups is 8. The van der Waals surface area contributed by atoms with Crippen LogP contribution in [-0.2, 0) is 83.2 Å². The molecule has 92 heavy (non-hydrogen) atoms. The van der Waals surface area contributed by atoms with Crippen LogP contribution >= 0.6 is 0 Å². The molecule has 2 aromatic carbocycles. The quantitative estimate of drug-likeness (QED) is 0.0574. The fourth-order valence-corrected chi connectivity index (χ4v) is 11.3. The van der Waals surface area contributed by atoms with E-state index in [1.54, 1.807) is 46.0 Å². The summed E-state index contributed by atoms with van der Waals surface area (Å²) in [5, 5.41) is 9.02. The van der Waals surface area contributed by atoms with Gasteiger partial charge in [0.05, 0.1) is 13.1 Å². The summed E-state index contributed by atoms with van der Waals surface area (Å²) in [6.45, 7) is 22.0. The van der Waals surface area contributed by atoms with Crippen LogP contribution in [0.3, 0.4) is 0 Å². The van der Waals surface area contributed by atoms with Crippen LogP contribution in [0.1, 0.15) is 129 Å². The standard InChI is InChI=1S/C70H92N8O14/c1-41(2)33-55-67(83)89-47(11)63(79)73(13)58(36-44(7)8)70(86)92-62(38-50-21-25-52(26-22-50)40-78-54(30-32-72-78)60-28-18-46(10)88-60)66(82)76(16)56(34-42(3)4)68(84)90-48(12)64(80)74(14)57(35-43(5)6)69(85)91-61(65(81)75(55)15)37-49-19-23-51(24-20-49)39-77-53(29-31-71-77)59-27-17-45(9)87-59/h17-32,41-44,47-48,55-58,61-62H,33-40H2,1-16H3/t47-,48-,55+,56?,57+,58+,61-,62-/m1/s1. The zero-order valence-electron chi connectivity index (χ0n) is 56.1. The smallest absolute Gasteiger partial charge is 0.329 e. The van der Waals surface area contributed by atoms with E-state index in [-0.39, 0.29) is 62.2 Å². The van der Waals surface area contributed by atoms with Gasteiger partial charge in [-0.05, 0) is 136 Å². The van der Waals surface area contributed by atoms with E-state index in [2.05, 4.69) is 10.2 Å². The van der Waals surface area contributed by atoms with Crippen molar-refractivity contribution in [1.82, 2.24) is 39.2 Å². The highest BCUT2D eigenvalue weighted by molar-refractivity contribution is 5.94. The van der Waals surface area contributed by atoms with E-state index in [1.165, 1.54) is 42.0 Å². The number of amides is 4. The van der Waals surface area contributed by atoms with E-state index < -0.39 is 96.1 Å². The molecule has 8 atom stereocenters. The summed E-state index contributed by atoms with van der Waals surface area (Å²) in [5.74, 6) is -4.82. The number of carbonyl (C=O) groups excluding carboxylic acids is 8.